The van der Waals surface area contributed by atoms with Crippen LogP contribution in [0.1, 0.15) is 91.3 Å². The van der Waals surface area contributed by atoms with Crippen LogP contribution in [0.15, 0.2) is 36.4 Å². The lowest BCUT2D eigenvalue weighted by Crippen LogP contribution is -2.27. The fourth-order valence-electron chi connectivity index (χ4n) is 4.81. The van der Waals surface area contributed by atoms with Crippen molar-refractivity contribution in [1.29, 1.82) is 0 Å². The quantitative estimate of drug-likeness (QED) is 0.274. The van der Waals surface area contributed by atoms with E-state index >= 15 is 0 Å². The number of benzene rings is 2. The molecule has 4 N–H and O–H groups in total. The number of hydrogen-bond donors (Lipinski definition) is 4. The first kappa shape index (κ1) is 30.7. The number of phenols is 2. The molecule has 0 spiro atoms. The molecule has 1 heterocycles. The predicted octanol–water partition coefficient (Wildman–Crippen LogP) is 4.61. The largest absolute Gasteiger partial charge is 0.507 e. The number of phenolic OH excluding ortho intramolecular Hbond substituents is 2. The summed E-state index contributed by atoms with van der Waals surface area (Å²) >= 11 is 0. The molecule has 0 bridgehead atoms. The molecule has 2 aromatic carbocycles. The molecule has 0 saturated carbocycles. The molecule has 1 amide bonds. The molecule has 216 valence electrons. The average Bonchev–Trinajstić information content (AvgIpc) is 2.91. The fourth-order valence-corrected chi connectivity index (χ4v) is 4.81. The number of rotatable bonds is 8. The Morgan fingerprint density at radius 3 is 2.58 bits per heavy atom. The van der Waals surface area contributed by atoms with E-state index in [2.05, 4.69) is 5.32 Å². The molecule has 9 nitrogen and oxygen atoms in total. The maximum Gasteiger partial charge on any atom is 0.342 e. The van der Waals surface area contributed by atoms with Crippen molar-refractivity contribution in [3.63, 3.8) is 0 Å². The zero-order chi connectivity index (χ0) is 29.1. The van der Waals surface area contributed by atoms with Crippen LogP contribution in [-0.2, 0) is 14.3 Å². The lowest BCUT2D eigenvalue weighted by atomic mass is 9.84. The van der Waals surface area contributed by atoms with Crippen LogP contribution < -0.4 is 10.1 Å². The molecule has 0 aliphatic carbocycles. The minimum absolute atomic E-state index is 0.0333. The first-order chi connectivity index (χ1) is 19.2. The summed E-state index contributed by atoms with van der Waals surface area (Å²) in [5, 5.41) is 34.5. The minimum atomic E-state index is -0.807. The number of allylic oxidation sites excluding steroid dienone is 1. The van der Waals surface area contributed by atoms with E-state index in [1.807, 2.05) is 0 Å². The van der Waals surface area contributed by atoms with Crippen molar-refractivity contribution >= 4 is 23.7 Å². The normalized spacial score (nSPS) is 17.3. The Bertz CT molecular complexity index is 1200. The fraction of sp³-hybridized carbons (Fsp3) is 0.452. The second kappa shape index (κ2) is 15.1. The van der Waals surface area contributed by atoms with Gasteiger partial charge in [-0.2, -0.15) is 0 Å². The molecule has 0 saturated heterocycles. The van der Waals surface area contributed by atoms with Crippen LogP contribution >= 0.6 is 0 Å². The molecule has 0 radical (unpaired) electrons. The number of esters is 1. The average molecular weight is 554 g/mol. The Balaban J connectivity index is 2.09. The van der Waals surface area contributed by atoms with Crippen molar-refractivity contribution in [3.8, 4) is 17.2 Å². The van der Waals surface area contributed by atoms with E-state index in [0.29, 0.717) is 56.3 Å². The van der Waals surface area contributed by atoms with Gasteiger partial charge in [-0.1, -0.05) is 24.3 Å². The molecule has 3 rings (SSSR count). The summed E-state index contributed by atoms with van der Waals surface area (Å²) in [6.45, 7) is 1.94. The summed E-state index contributed by atoms with van der Waals surface area (Å²) in [7, 11) is 1.53. The lowest BCUT2D eigenvalue weighted by Gasteiger charge is -2.23. The number of aliphatic hydroxyl groups excluding tert-OH is 1. The molecule has 40 heavy (non-hydrogen) atoms. The van der Waals surface area contributed by atoms with Crippen LogP contribution in [0, 0.1) is 0 Å². The molecular weight excluding hydrogens is 514 g/mol. The van der Waals surface area contributed by atoms with Crippen molar-refractivity contribution in [2.45, 2.75) is 70.3 Å². The van der Waals surface area contributed by atoms with E-state index in [4.69, 9.17) is 14.6 Å². The summed E-state index contributed by atoms with van der Waals surface area (Å²) in [5.41, 5.74) is 0.834. The lowest BCUT2D eigenvalue weighted by molar-refractivity contribution is -0.121. The Kier molecular flexibility index (Phi) is 11.6. The third kappa shape index (κ3) is 8.32. The second-order valence-electron chi connectivity index (χ2n) is 10.0. The zero-order valence-corrected chi connectivity index (χ0v) is 23.2. The first-order valence-electron chi connectivity index (χ1n) is 13.7. The van der Waals surface area contributed by atoms with Crippen LogP contribution in [0.5, 0.6) is 17.2 Å². The van der Waals surface area contributed by atoms with Crippen molar-refractivity contribution < 1.29 is 39.2 Å². The highest BCUT2D eigenvalue weighted by Gasteiger charge is 2.30. The number of fused-ring (bicyclic) bond motifs is 1. The number of carbonyl (C=O) groups excluding carboxylic acids is 3. The number of hydrogen-bond acceptors (Lipinski definition) is 8. The second-order valence-corrected chi connectivity index (χ2v) is 10.0. The van der Waals surface area contributed by atoms with Crippen molar-refractivity contribution in [1.82, 2.24) is 5.32 Å². The van der Waals surface area contributed by atoms with Gasteiger partial charge in [-0.3, -0.25) is 9.59 Å². The Morgan fingerprint density at radius 2 is 1.88 bits per heavy atom. The number of carbonyl (C=O) groups is 3. The van der Waals surface area contributed by atoms with Gasteiger partial charge in [0.2, 0.25) is 5.91 Å². The van der Waals surface area contributed by atoms with Crippen LogP contribution in [0.3, 0.4) is 0 Å². The van der Waals surface area contributed by atoms with Crippen LogP contribution in [0.25, 0.3) is 6.08 Å². The molecule has 2 unspecified atom stereocenters. The highest BCUT2D eigenvalue weighted by molar-refractivity contribution is 5.98. The van der Waals surface area contributed by atoms with E-state index in [1.54, 1.807) is 43.3 Å². The SMILES string of the molecule is COc1ccc(C(CC(=O)NCCCO)c2c(O)cc3c(c2O)C(=O)OC(C)CCCC(=O)CCCC=C3)cc1. The number of cyclic esters (lactones) is 1. The first-order valence-corrected chi connectivity index (χ1v) is 13.7. The van der Waals surface area contributed by atoms with Crippen molar-refractivity contribution in [2.75, 3.05) is 20.3 Å². The topological polar surface area (TPSA) is 142 Å². The zero-order valence-electron chi connectivity index (χ0n) is 23.2. The highest BCUT2D eigenvalue weighted by atomic mass is 16.5. The highest BCUT2D eigenvalue weighted by Crippen LogP contribution is 2.44. The van der Waals surface area contributed by atoms with Crippen molar-refractivity contribution in [3.05, 3.63) is 58.7 Å². The maximum absolute atomic E-state index is 13.4. The summed E-state index contributed by atoms with van der Waals surface area (Å²) in [6.07, 6.45) is 6.41. The molecule has 0 aromatic heterocycles. The van der Waals surface area contributed by atoms with E-state index in [9.17, 15) is 24.6 Å². The van der Waals surface area contributed by atoms with E-state index < -0.39 is 23.7 Å². The molecule has 2 atom stereocenters. The van der Waals surface area contributed by atoms with Gasteiger partial charge in [-0.05, 0) is 68.4 Å². The monoisotopic (exact) mass is 553 g/mol. The molecule has 2 aromatic rings. The summed E-state index contributed by atoms with van der Waals surface area (Å²) < 4.78 is 10.9. The molecular formula is C31H39NO8. The number of Topliss-reactive ketones (excluding diaryl/α,β-unsaturated/α-hetero) is 1. The van der Waals surface area contributed by atoms with Gasteiger partial charge in [0, 0.05) is 43.9 Å². The van der Waals surface area contributed by atoms with Crippen LogP contribution in [0.2, 0.25) is 0 Å². The minimum Gasteiger partial charge on any atom is -0.507 e. The van der Waals surface area contributed by atoms with Gasteiger partial charge in [-0.15, -0.1) is 0 Å². The molecule has 1 aliphatic heterocycles. The van der Waals surface area contributed by atoms with Crippen LogP contribution in [-0.4, -0.2) is 59.3 Å². The van der Waals surface area contributed by atoms with Gasteiger partial charge < -0.3 is 30.1 Å². The Labute approximate surface area is 234 Å². The summed E-state index contributed by atoms with van der Waals surface area (Å²) in [6, 6.07) is 8.28. The molecule has 9 heteroatoms. The number of aromatic hydroxyl groups is 2. The molecule has 1 aliphatic rings. The Hall–Kier alpha value is -3.85. The third-order valence-corrected chi connectivity index (χ3v) is 6.96. The van der Waals surface area contributed by atoms with Crippen molar-refractivity contribution in [2.24, 2.45) is 0 Å². The van der Waals surface area contributed by atoms with E-state index in [0.717, 1.165) is 0 Å². The number of nitrogens with one attached hydrogen (secondary N) is 1. The summed E-state index contributed by atoms with van der Waals surface area (Å²) in [5.74, 6) is -1.87. The maximum atomic E-state index is 13.4. The summed E-state index contributed by atoms with van der Waals surface area (Å²) in [4.78, 5) is 38.3. The Morgan fingerprint density at radius 1 is 1.15 bits per heavy atom. The number of methoxy groups -OCH3 is 1. The van der Waals surface area contributed by atoms with Gasteiger partial charge in [-0.25, -0.2) is 4.79 Å². The van der Waals surface area contributed by atoms with Gasteiger partial charge in [0.05, 0.1) is 13.2 Å². The third-order valence-electron chi connectivity index (χ3n) is 6.96. The van der Waals surface area contributed by atoms with Gasteiger partial charge in [0.15, 0.2) is 0 Å². The number of amides is 1. The number of ether oxygens (including phenoxy) is 2. The number of aliphatic hydroxyl groups is 1. The van der Waals surface area contributed by atoms with Crippen LogP contribution in [0.4, 0.5) is 0 Å². The van der Waals surface area contributed by atoms with Gasteiger partial charge >= 0.3 is 5.97 Å². The number of ketones is 1. The predicted molar refractivity (Wildman–Crippen MR) is 151 cm³/mol. The van der Waals surface area contributed by atoms with E-state index in [1.165, 1.54) is 13.2 Å². The standard InChI is InChI=1S/C31H39NO8/c1-20-8-6-11-23(34)10-5-3-4-9-22-18-26(35)29(30(37)28(22)31(38)40-20)25(19-27(36)32-16-7-17-33)21-12-14-24(39-2)15-13-21/h4,9,12-15,18,20,25,33,35,37H,3,5-8,10-11,16-17,19H2,1-2H3,(H,32,36). The smallest absolute Gasteiger partial charge is 0.342 e. The molecule has 0 fully saturated rings. The van der Waals surface area contributed by atoms with E-state index in [-0.39, 0.29) is 53.7 Å². The van der Waals surface area contributed by atoms with Gasteiger partial charge in [0.1, 0.15) is 28.6 Å². The van der Waals surface area contributed by atoms with Gasteiger partial charge in [0.25, 0.3) is 0 Å².